The van der Waals surface area contributed by atoms with Crippen LogP contribution < -0.4 is 31.8 Å². The normalized spacial score (nSPS) is 17.2. The predicted molar refractivity (Wildman–Crippen MR) is 264 cm³/mol. The van der Waals surface area contributed by atoms with Crippen LogP contribution in [0.2, 0.25) is 0 Å². The number of carbonyl (C=O) groups is 3. The smallest absolute Gasteiger partial charge is 0.374 e. The van der Waals surface area contributed by atoms with Gasteiger partial charge in [-0.05, 0) is 89.0 Å². The Bertz CT molecular complexity index is 2240. The number of fused-ring (bicyclic) bond motifs is 2. The molecule has 0 radical (unpaired) electrons. The number of benzene rings is 2. The number of carbonyl (C=O) groups excluding carboxylic acids is 3. The van der Waals surface area contributed by atoms with Crippen LogP contribution in [0.1, 0.15) is 112 Å². The molecule has 358 valence electrons. The van der Waals surface area contributed by atoms with Gasteiger partial charge in [-0.2, -0.15) is 0 Å². The Hall–Kier alpha value is -4.30. The van der Waals surface area contributed by atoms with Gasteiger partial charge in [-0.1, -0.05) is 81.0 Å². The van der Waals surface area contributed by atoms with E-state index in [-0.39, 0.29) is 71.4 Å². The van der Waals surface area contributed by atoms with Gasteiger partial charge in [0.15, 0.2) is 17.0 Å². The van der Waals surface area contributed by atoms with Gasteiger partial charge in [-0.25, -0.2) is 9.59 Å². The highest BCUT2D eigenvalue weighted by Gasteiger charge is 2.25. The molecule has 2 aliphatic rings. The first-order chi connectivity index (χ1) is 32.0. The number of hydrogen-bond acceptors (Lipinski definition) is 18. The van der Waals surface area contributed by atoms with Gasteiger partial charge >= 0.3 is 17.9 Å². The van der Waals surface area contributed by atoms with Crippen molar-refractivity contribution in [1.82, 2.24) is 0 Å². The molecule has 0 amide bonds. The average Bonchev–Trinajstić information content (AvgIpc) is 4.04. The average molecular weight is 986 g/mol. The molecule has 4 heterocycles. The van der Waals surface area contributed by atoms with E-state index >= 15 is 0 Å². The van der Waals surface area contributed by atoms with Gasteiger partial charge in [0.1, 0.15) is 52.7 Å². The molecule has 15 nitrogen and oxygen atoms in total. The molecule has 2 fully saturated rings. The van der Waals surface area contributed by atoms with E-state index in [2.05, 4.69) is 4.99 Å². The van der Waals surface area contributed by atoms with E-state index in [4.69, 9.17) is 44.0 Å². The topological polar surface area (TPSA) is 222 Å². The molecule has 2 unspecified atom stereocenters. The minimum absolute atomic E-state index is 0.0637. The van der Waals surface area contributed by atoms with Crippen molar-refractivity contribution < 1.29 is 46.9 Å². The van der Waals surface area contributed by atoms with Crippen molar-refractivity contribution in [3.8, 4) is 11.5 Å². The number of aliphatic imine (C=N–C) groups is 1. The highest BCUT2D eigenvalue weighted by Crippen LogP contribution is 2.40. The van der Waals surface area contributed by atoms with Crippen LogP contribution >= 0.6 is 43.2 Å². The van der Waals surface area contributed by atoms with Crippen LogP contribution in [0.25, 0.3) is 21.9 Å². The number of nitrogens with two attached hydrogens (primary N) is 2. The van der Waals surface area contributed by atoms with Gasteiger partial charge in [0, 0.05) is 40.7 Å². The molecule has 19 heteroatoms. The molecular formula is C47H59N3O12S4. The van der Waals surface area contributed by atoms with Crippen LogP contribution in [0.15, 0.2) is 71.9 Å². The van der Waals surface area contributed by atoms with E-state index in [0.29, 0.717) is 55.0 Å². The SMILES string of the molecule is CC(N)=NCCCC[C@H](N)C(=O)OC(COc1cccc2oc(C(=O)OCCCCCC3CCSS3)cc(=O)c12)COc1cccc2oc(C(=O)OCCCCCC3CCSS3)cc(=O)c12. The minimum Gasteiger partial charge on any atom is -0.489 e. The second-order valence-corrected chi connectivity index (χ2v) is 21.7. The Morgan fingerprint density at radius 2 is 1.24 bits per heavy atom. The maximum atomic E-state index is 13.5. The molecule has 2 saturated heterocycles. The van der Waals surface area contributed by atoms with Crippen molar-refractivity contribution in [3.05, 3.63) is 80.5 Å². The van der Waals surface area contributed by atoms with Crippen molar-refractivity contribution in [2.45, 2.75) is 113 Å². The minimum atomic E-state index is -1.10. The van der Waals surface area contributed by atoms with E-state index in [9.17, 15) is 24.0 Å². The molecule has 0 aliphatic carbocycles. The summed E-state index contributed by atoms with van der Waals surface area (Å²) in [6.45, 7) is 2.00. The second-order valence-electron chi connectivity index (χ2n) is 16.1. The summed E-state index contributed by atoms with van der Waals surface area (Å²) in [6, 6.07) is 10.5. The lowest BCUT2D eigenvalue weighted by Gasteiger charge is -2.21. The predicted octanol–water partition coefficient (Wildman–Crippen LogP) is 8.89. The molecule has 0 bridgehead atoms. The Morgan fingerprint density at radius 1 is 0.727 bits per heavy atom. The lowest BCUT2D eigenvalue weighted by atomic mass is 10.1. The zero-order chi connectivity index (χ0) is 46.7. The molecule has 6 rings (SSSR count). The Labute approximate surface area is 399 Å². The second kappa shape index (κ2) is 26.9. The first-order valence-electron chi connectivity index (χ1n) is 22.6. The number of ether oxygens (including phenoxy) is 5. The highest BCUT2D eigenvalue weighted by atomic mass is 33.1. The van der Waals surface area contributed by atoms with Crippen molar-refractivity contribution >= 4 is 88.9 Å². The lowest BCUT2D eigenvalue weighted by molar-refractivity contribution is -0.154. The van der Waals surface area contributed by atoms with Crippen molar-refractivity contribution in [2.75, 3.05) is 44.5 Å². The van der Waals surface area contributed by atoms with E-state index in [0.717, 1.165) is 50.7 Å². The van der Waals surface area contributed by atoms with Gasteiger partial charge < -0.3 is 44.0 Å². The van der Waals surface area contributed by atoms with Gasteiger partial charge in [-0.3, -0.25) is 19.4 Å². The van der Waals surface area contributed by atoms with Gasteiger partial charge in [0.2, 0.25) is 11.5 Å². The van der Waals surface area contributed by atoms with Crippen molar-refractivity contribution in [2.24, 2.45) is 16.5 Å². The van der Waals surface area contributed by atoms with E-state index < -0.39 is 40.9 Å². The van der Waals surface area contributed by atoms with E-state index in [1.807, 2.05) is 43.2 Å². The number of unbranched alkanes of at least 4 members (excludes halogenated alkanes) is 5. The molecule has 66 heavy (non-hydrogen) atoms. The first kappa shape index (κ1) is 51.1. The highest BCUT2D eigenvalue weighted by molar-refractivity contribution is 8.77. The molecule has 3 atom stereocenters. The molecular weight excluding hydrogens is 927 g/mol. The van der Waals surface area contributed by atoms with Crippen LogP contribution in [0, 0.1) is 0 Å². The number of rotatable bonds is 27. The Balaban J connectivity index is 1.09. The first-order valence-corrected chi connectivity index (χ1v) is 27.3. The standard InChI is InChI=1S/C47H59N3O12S4/c1-30(48)50-21-7-6-14-34(49)45(53)60-31(28-58-37-15-10-17-39-43(37)35(51)26-41(61-39)46(54)56-22-8-2-4-12-32-19-24-63-65-32)29-59-38-16-11-18-40-44(38)36(52)27-42(62-40)47(55)57-23-9-3-5-13-33-20-25-64-66-33/h10-11,15-18,26-27,31-34H,2-9,12-14,19-25,28-29,49H2,1H3,(H2,48,50)/t31?,32?,33?,34-/m0/s1. The number of amidine groups is 1. The van der Waals surface area contributed by atoms with Crippen LogP contribution in [-0.4, -0.2) is 90.9 Å². The molecule has 2 aromatic heterocycles. The molecule has 0 saturated carbocycles. The number of hydrogen-bond donors (Lipinski definition) is 2. The molecule has 0 spiro atoms. The quantitative estimate of drug-likeness (QED) is 0.0142. The van der Waals surface area contributed by atoms with Crippen LogP contribution in [-0.2, 0) is 19.0 Å². The summed E-state index contributed by atoms with van der Waals surface area (Å²) in [5.41, 5.74) is 11.0. The third-order valence-electron chi connectivity index (χ3n) is 10.8. The fourth-order valence-corrected chi connectivity index (χ4v) is 13.3. The Kier molecular flexibility index (Phi) is 20.8. The third-order valence-corrected chi connectivity index (χ3v) is 16.8. The zero-order valence-corrected chi connectivity index (χ0v) is 40.5. The van der Waals surface area contributed by atoms with Gasteiger partial charge in [0.25, 0.3) is 0 Å². The molecule has 4 aromatic rings. The lowest BCUT2D eigenvalue weighted by Crippen LogP contribution is -2.39. The largest absolute Gasteiger partial charge is 0.489 e. The van der Waals surface area contributed by atoms with Crippen LogP contribution in [0.4, 0.5) is 0 Å². The van der Waals surface area contributed by atoms with E-state index in [1.165, 1.54) is 36.5 Å². The van der Waals surface area contributed by atoms with Crippen LogP contribution in [0.3, 0.4) is 0 Å². The summed E-state index contributed by atoms with van der Waals surface area (Å²) >= 11 is 0. The fraction of sp³-hybridized carbons (Fsp3) is 0.532. The summed E-state index contributed by atoms with van der Waals surface area (Å²) in [5.74, 6) is 0.419. The maximum absolute atomic E-state index is 13.5. The van der Waals surface area contributed by atoms with Crippen molar-refractivity contribution in [3.63, 3.8) is 0 Å². The Morgan fingerprint density at radius 3 is 1.71 bits per heavy atom. The summed E-state index contributed by atoms with van der Waals surface area (Å²) in [7, 11) is 7.74. The summed E-state index contributed by atoms with van der Waals surface area (Å²) < 4.78 is 40.5. The zero-order valence-electron chi connectivity index (χ0n) is 37.2. The number of nitrogens with zero attached hydrogens (tertiary/aromatic N) is 1. The van der Waals surface area contributed by atoms with Crippen molar-refractivity contribution in [1.29, 1.82) is 0 Å². The third kappa shape index (κ3) is 15.9. The van der Waals surface area contributed by atoms with Crippen LogP contribution in [0.5, 0.6) is 11.5 Å². The number of esters is 3. The molecule has 2 aliphatic heterocycles. The maximum Gasteiger partial charge on any atom is 0.374 e. The van der Waals surface area contributed by atoms with Gasteiger partial charge in [-0.15, -0.1) is 0 Å². The van der Waals surface area contributed by atoms with Gasteiger partial charge in [0.05, 0.1) is 19.0 Å². The molecule has 2 aromatic carbocycles. The summed E-state index contributed by atoms with van der Waals surface area (Å²) in [4.78, 5) is 70.2. The summed E-state index contributed by atoms with van der Waals surface area (Å²) in [6.07, 6.45) is 10.6. The fourth-order valence-electron chi connectivity index (χ4n) is 7.28. The summed E-state index contributed by atoms with van der Waals surface area (Å²) in [5, 5.41) is 1.52. The van der Waals surface area contributed by atoms with E-state index in [1.54, 1.807) is 31.2 Å². The monoisotopic (exact) mass is 985 g/mol. The molecule has 4 N–H and O–H groups in total.